The molecule has 5 nitrogen and oxygen atoms in total. The van der Waals surface area contributed by atoms with Gasteiger partial charge in [-0.15, -0.1) is 0 Å². The van der Waals surface area contributed by atoms with Crippen LogP contribution in [0.1, 0.15) is 58.4 Å². The van der Waals surface area contributed by atoms with Crippen molar-refractivity contribution in [2.45, 2.75) is 64.0 Å². The molecule has 3 atom stereocenters. The van der Waals surface area contributed by atoms with Crippen LogP contribution < -0.4 is 15.1 Å². The quantitative estimate of drug-likeness (QED) is 0.233. The van der Waals surface area contributed by atoms with Crippen LogP contribution in [0.3, 0.4) is 0 Å². The second-order valence-electron chi connectivity index (χ2n) is 12.7. The third-order valence-corrected chi connectivity index (χ3v) is 13.9. The van der Waals surface area contributed by atoms with Gasteiger partial charge in [0.15, 0.2) is 0 Å². The van der Waals surface area contributed by atoms with Gasteiger partial charge in [-0.3, -0.25) is 0 Å². The van der Waals surface area contributed by atoms with E-state index in [4.69, 9.17) is 18.6 Å². The number of rotatable bonds is 8. The number of ether oxygens (including phenoxy) is 3. The zero-order valence-corrected chi connectivity index (χ0v) is 26.1. The Morgan fingerprint density at radius 3 is 2.00 bits per heavy atom. The summed E-state index contributed by atoms with van der Waals surface area (Å²) in [5, 5.41) is 2.37. The Labute approximate surface area is 245 Å². The van der Waals surface area contributed by atoms with Gasteiger partial charge in [0, 0.05) is 5.41 Å². The van der Waals surface area contributed by atoms with Crippen molar-refractivity contribution in [2.24, 2.45) is 5.41 Å². The van der Waals surface area contributed by atoms with Crippen LogP contribution in [-0.2, 0) is 18.7 Å². The Hall–Kier alpha value is -3.35. The zero-order valence-electron chi connectivity index (χ0n) is 25.1. The van der Waals surface area contributed by atoms with E-state index in [1.807, 2.05) is 12.1 Å². The first kappa shape index (κ1) is 29.1. The summed E-state index contributed by atoms with van der Waals surface area (Å²) in [5.41, 5.74) is 1.56. The number of benzene rings is 3. The molecule has 0 radical (unpaired) electrons. The predicted octanol–water partition coefficient (Wildman–Crippen LogP) is 6.37. The van der Waals surface area contributed by atoms with Gasteiger partial charge in [-0.2, -0.15) is 0 Å². The molecule has 1 saturated heterocycles. The van der Waals surface area contributed by atoms with Crippen LogP contribution in [0.5, 0.6) is 5.75 Å². The molecule has 1 aliphatic heterocycles. The highest BCUT2D eigenvalue weighted by Crippen LogP contribution is 2.55. The average Bonchev–Trinajstić information content (AvgIpc) is 3.33. The van der Waals surface area contributed by atoms with Crippen LogP contribution in [-0.4, -0.2) is 41.2 Å². The van der Waals surface area contributed by atoms with Gasteiger partial charge >= 0.3 is 5.97 Å². The van der Waals surface area contributed by atoms with Crippen LogP contribution in [0.4, 0.5) is 0 Å². The Morgan fingerprint density at radius 2 is 1.49 bits per heavy atom. The van der Waals surface area contributed by atoms with Crippen molar-refractivity contribution in [3.05, 3.63) is 102 Å². The Bertz CT molecular complexity index is 1340. The number of hydrogen-bond acceptors (Lipinski definition) is 5. The number of hydrogen-bond donors (Lipinski definition) is 0. The topological polar surface area (TPSA) is 54.0 Å². The number of methoxy groups -OCH3 is 2. The Balaban J connectivity index is 1.47. The summed E-state index contributed by atoms with van der Waals surface area (Å²) in [6.07, 6.45) is 2.11. The molecule has 0 amide bonds. The molecule has 0 bridgehead atoms. The molecule has 216 valence electrons. The van der Waals surface area contributed by atoms with Crippen molar-refractivity contribution in [1.82, 2.24) is 0 Å². The fourth-order valence-electron chi connectivity index (χ4n) is 7.00. The van der Waals surface area contributed by atoms with Crippen LogP contribution in [0.25, 0.3) is 0 Å². The van der Waals surface area contributed by atoms with E-state index in [1.165, 1.54) is 23.0 Å². The second-order valence-corrected chi connectivity index (χ2v) is 17.0. The molecule has 0 spiro atoms. The largest absolute Gasteiger partial charge is 0.497 e. The van der Waals surface area contributed by atoms with Gasteiger partial charge in [0.25, 0.3) is 8.32 Å². The first-order valence-corrected chi connectivity index (χ1v) is 16.4. The fourth-order valence-corrected chi connectivity index (χ4v) is 11.6. The molecule has 3 aromatic rings. The van der Waals surface area contributed by atoms with Gasteiger partial charge in [0.2, 0.25) is 0 Å². The smallest absolute Gasteiger partial charge is 0.337 e. The van der Waals surface area contributed by atoms with Crippen molar-refractivity contribution in [2.75, 3.05) is 20.8 Å². The molecule has 0 unspecified atom stereocenters. The molecule has 1 fully saturated rings. The summed E-state index contributed by atoms with van der Waals surface area (Å²) in [6.45, 7) is 9.53. The maximum Gasteiger partial charge on any atom is 0.337 e. The monoisotopic (exact) mass is 570 g/mol. The zero-order chi connectivity index (χ0) is 29.3. The fraction of sp³-hybridized carbons (Fsp3) is 0.400. The molecule has 0 N–H and O–H groups in total. The molecule has 6 heteroatoms. The van der Waals surface area contributed by atoms with E-state index in [0.717, 1.165) is 24.4 Å². The number of carbonyl (C=O) groups is 1. The lowest BCUT2D eigenvalue weighted by atomic mass is 9.68. The molecular weight excluding hydrogens is 528 g/mol. The highest BCUT2D eigenvalue weighted by molar-refractivity contribution is 6.99. The van der Waals surface area contributed by atoms with Gasteiger partial charge in [-0.25, -0.2) is 4.79 Å². The molecule has 0 saturated carbocycles. The van der Waals surface area contributed by atoms with Crippen molar-refractivity contribution < 1.29 is 23.4 Å². The van der Waals surface area contributed by atoms with Gasteiger partial charge in [-0.05, 0) is 58.3 Å². The maximum absolute atomic E-state index is 13.0. The Morgan fingerprint density at radius 1 is 0.902 bits per heavy atom. The van der Waals surface area contributed by atoms with Crippen molar-refractivity contribution in [3.63, 3.8) is 0 Å². The predicted molar refractivity (Wildman–Crippen MR) is 165 cm³/mol. The summed E-state index contributed by atoms with van der Waals surface area (Å²) in [7, 11) is 0.409. The first-order valence-electron chi connectivity index (χ1n) is 14.5. The van der Waals surface area contributed by atoms with E-state index in [1.54, 1.807) is 7.11 Å². The molecule has 0 aromatic heterocycles. The lowest BCUT2D eigenvalue weighted by Crippen LogP contribution is -2.67. The van der Waals surface area contributed by atoms with Crippen LogP contribution in [0, 0.1) is 5.41 Å². The van der Waals surface area contributed by atoms with E-state index in [9.17, 15) is 4.79 Å². The van der Waals surface area contributed by atoms with Crippen LogP contribution >= 0.6 is 0 Å². The second kappa shape index (κ2) is 11.5. The number of carbonyl (C=O) groups excluding carboxylic acids is 1. The van der Waals surface area contributed by atoms with Gasteiger partial charge in [-0.1, -0.05) is 100 Å². The van der Waals surface area contributed by atoms with Crippen molar-refractivity contribution in [3.8, 4) is 5.75 Å². The van der Waals surface area contributed by atoms with Gasteiger partial charge in [0.05, 0.1) is 26.4 Å². The highest BCUT2D eigenvalue weighted by Gasteiger charge is 2.53. The first-order chi connectivity index (χ1) is 19.6. The summed E-state index contributed by atoms with van der Waals surface area (Å²) in [6, 6.07) is 29.5. The third kappa shape index (κ3) is 5.47. The minimum Gasteiger partial charge on any atom is -0.497 e. The molecule has 2 aliphatic rings. The van der Waals surface area contributed by atoms with E-state index in [2.05, 4.69) is 100 Å². The minimum atomic E-state index is -2.71. The lowest BCUT2D eigenvalue weighted by Gasteiger charge is -2.43. The van der Waals surface area contributed by atoms with Crippen LogP contribution in [0.2, 0.25) is 5.04 Å². The SMILES string of the molecule is COC(=O)C1=C2O[C@@H](CO[Si](c3ccccc3)(c3ccccc3)C(C)(C)C)C[C@@]2(C)C[C@H](c2ccc(OC)cc2)C1. The normalized spacial score (nSPS) is 22.6. The molecule has 41 heavy (non-hydrogen) atoms. The highest BCUT2D eigenvalue weighted by atomic mass is 28.4. The molecule has 1 aliphatic carbocycles. The van der Waals surface area contributed by atoms with Crippen molar-refractivity contribution >= 4 is 24.7 Å². The molecule has 3 aromatic carbocycles. The molecule has 1 heterocycles. The Kier molecular flexibility index (Phi) is 8.17. The average molecular weight is 571 g/mol. The summed E-state index contributed by atoms with van der Waals surface area (Å²) in [5.74, 6) is 1.48. The number of allylic oxidation sites excluding steroid dienone is 1. The maximum atomic E-state index is 13.0. The van der Waals surface area contributed by atoms with E-state index in [0.29, 0.717) is 18.6 Å². The molecular formula is C35H42O5Si. The summed E-state index contributed by atoms with van der Waals surface area (Å²) >= 11 is 0. The van der Waals surface area contributed by atoms with E-state index in [-0.39, 0.29) is 28.4 Å². The summed E-state index contributed by atoms with van der Waals surface area (Å²) in [4.78, 5) is 13.0. The lowest BCUT2D eigenvalue weighted by molar-refractivity contribution is -0.137. The third-order valence-electron chi connectivity index (χ3n) is 8.85. The van der Waals surface area contributed by atoms with E-state index < -0.39 is 8.32 Å². The van der Waals surface area contributed by atoms with Gasteiger partial charge < -0.3 is 18.6 Å². The van der Waals surface area contributed by atoms with Crippen molar-refractivity contribution in [1.29, 1.82) is 0 Å². The standard InChI is InChI=1S/C35H42O5Si/c1-34(2,3)41(29-13-9-7-10-14-29,30-15-11-8-12-16-30)39-24-28-23-35(4)22-26(25-17-19-27(37-5)20-18-25)21-31(32(35)40-28)33(36)38-6/h7-20,26,28H,21-24H2,1-6H3/t26-,28-,35-/m1/s1. The van der Waals surface area contributed by atoms with Gasteiger partial charge in [0.1, 0.15) is 17.6 Å². The molecule has 5 rings (SSSR count). The minimum absolute atomic E-state index is 0.124. The summed E-state index contributed by atoms with van der Waals surface area (Å²) < 4.78 is 24.5. The van der Waals surface area contributed by atoms with Crippen LogP contribution in [0.15, 0.2) is 96.3 Å². The number of fused-ring (bicyclic) bond motifs is 1. The van der Waals surface area contributed by atoms with E-state index >= 15 is 0 Å². The number of esters is 1.